The molecule has 1 unspecified atom stereocenters. The average Bonchev–Trinajstić information content (AvgIpc) is 2.36. The molecule has 0 fully saturated rings. The largest absolute Gasteiger partial charge is 0.362 e. The molecule has 0 bridgehead atoms. The van der Waals surface area contributed by atoms with E-state index >= 15 is 0 Å². The van der Waals surface area contributed by atoms with Gasteiger partial charge in [-0.2, -0.15) is 0 Å². The highest BCUT2D eigenvalue weighted by atomic mass is 15.3. The van der Waals surface area contributed by atoms with Crippen LogP contribution in [0.25, 0.3) is 0 Å². The van der Waals surface area contributed by atoms with E-state index in [4.69, 9.17) is 0 Å². The molecule has 2 nitrogen and oxygen atoms in total. The van der Waals surface area contributed by atoms with E-state index < -0.39 is 0 Å². The van der Waals surface area contributed by atoms with Crippen molar-refractivity contribution in [2.24, 2.45) is 0 Å². The van der Waals surface area contributed by atoms with Crippen molar-refractivity contribution in [3.05, 3.63) is 12.4 Å². The fraction of sp³-hybridized carbons (Fsp3) is 0.778. The van der Waals surface area contributed by atoms with Crippen LogP contribution in [0.5, 0.6) is 0 Å². The van der Waals surface area contributed by atoms with Crippen LogP contribution in [0, 0.1) is 0 Å². The first-order chi connectivity index (χ1) is 5.24. The maximum atomic E-state index is 2.38. The third kappa shape index (κ3) is 2.14. The summed E-state index contributed by atoms with van der Waals surface area (Å²) in [4.78, 5) is 4.58. The molecule has 1 rings (SSSR count). The van der Waals surface area contributed by atoms with E-state index in [1.807, 2.05) is 0 Å². The van der Waals surface area contributed by atoms with Crippen LogP contribution in [0.1, 0.15) is 26.7 Å². The summed E-state index contributed by atoms with van der Waals surface area (Å²) in [5, 5.41) is 0. The minimum absolute atomic E-state index is 0.696. The van der Waals surface area contributed by atoms with Crippen molar-refractivity contribution in [3.8, 4) is 0 Å². The Morgan fingerprint density at radius 1 is 1.45 bits per heavy atom. The van der Waals surface area contributed by atoms with Gasteiger partial charge in [-0.25, -0.2) is 0 Å². The first kappa shape index (κ1) is 8.44. The van der Waals surface area contributed by atoms with Crippen molar-refractivity contribution in [3.63, 3.8) is 0 Å². The molecule has 1 atom stereocenters. The number of nitrogens with zero attached hydrogens (tertiary/aromatic N) is 2. The summed E-state index contributed by atoms with van der Waals surface area (Å²) in [6, 6.07) is 0.696. The topological polar surface area (TPSA) is 6.48 Å². The van der Waals surface area contributed by atoms with Crippen molar-refractivity contribution in [2.45, 2.75) is 32.7 Å². The molecule has 0 aliphatic carbocycles. The summed E-state index contributed by atoms with van der Waals surface area (Å²) in [5.41, 5.74) is 0. The van der Waals surface area contributed by atoms with Gasteiger partial charge in [-0.15, -0.1) is 0 Å². The SMILES string of the molecule is CCCC(C)N1C=CN(C)C1. The summed E-state index contributed by atoms with van der Waals surface area (Å²) in [6.07, 6.45) is 6.87. The number of hydrogen-bond acceptors (Lipinski definition) is 2. The second kappa shape index (κ2) is 3.65. The summed E-state index contributed by atoms with van der Waals surface area (Å²) in [7, 11) is 2.11. The molecule has 2 heteroatoms. The zero-order chi connectivity index (χ0) is 8.27. The third-order valence-corrected chi connectivity index (χ3v) is 2.17. The molecule has 0 amide bonds. The molecule has 0 spiro atoms. The van der Waals surface area contributed by atoms with Gasteiger partial charge in [0, 0.05) is 25.5 Å². The van der Waals surface area contributed by atoms with E-state index in [-0.39, 0.29) is 0 Å². The molecule has 0 aromatic heterocycles. The standard InChI is InChI=1S/C9H18N2/c1-4-5-9(2)11-7-6-10(3)8-11/h6-7,9H,4-5,8H2,1-3H3. The van der Waals surface area contributed by atoms with E-state index in [2.05, 4.69) is 43.1 Å². The smallest absolute Gasteiger partial charge is 0.0893 e. The van der Waals surface area contributed by atoms with E-state index in [9.17, 15) is 0 Å². The Hall–Kier alpha value is -0.660. The highest BCUT2D eigenvalue weighted by Crippen LogP contribution is 2.12. The Bertz CT molecular complexity index is 142. The normalized spacial score (nSPS) is 19.5. The van der Waals surface area contributed by atoms with E-state index in [0.717, 1.165) is 6.67 Å². The molecule has 64 valence electrons. The van der Waals surface area contributed by atoms with Crippen LogP contribution in [-0.4, -0.2) is 29.6 Å². The van der Waals surface area contributed by atoms with Crippen LogP contribution >= 0.6 is 0 Å². The molecule has 0 aromatic carbocycles. The summed E-state index contributed by atoms with van der Waals surface area (Å²) >= 11 is 0. The van der Waals surface area contributed by atoms with Gasteiger partial charge in [0.05, 0.1) is 6.67 Å². The van der Waals surface area contributed by atoms with Crippen LogP contribution in [0.3, 0.4) is 0 Å². The zero-order valence-electron chi connectivity index (χ0n) is 7.75. The van der Waals surface area contributed by atoms with Crippen LogP contribution in [0.4, 0.5) is 0 Å². The Balaban J connectivity index is 2.32. The minimum atomic E-state index is 0.696. The van der Waals surface area contributed by atoms with Gasteiger partial charge in [0.2, 0.25) is 0 Å². The molecule has 0 N–H and O–H groups in total. The highest BCUT2D eigenvalue weighted by Gasteiger charge is 2.13. The Morgan fingerprint density at radius 3 is 2.64 bits per heavy atom. The summed E-state index contributed by atoms with van der Waals surface area (Å²) < 4.78 is 0. The lowest BCUT2D eigenvalue weighted by Gasteiger charge is -2.25. The summed E-state index contributed by atoms with van der Waals surface area (Å²) in [6.45, 7) is 5.58. The molecule has 0 radical (unpaired) electrons. The predicted octanol–water partition coefficient (Wildman–Crippen LogP) is 1.85. The number of rotatable bonds is 3. The summed E-state index contributed by atoms with van der Waals surface area (Å²) in [5.74, 6) is 0. The van der Waals surface area contributed by atoms with E-state index in [1.54, 1.807) is 0 Å². The Morgan fingerprint density at radius 2 is 2.18 bits per heavy atom. The lowest BCUT2D eigenvalue weighted by Crippen LogP contribution is -2.30. The average molecular weight is 154 g/mol. The molecule has 0 saturated heterocycles. The van der Waals surface area contributed by atoms with Crippen molar-refractivity contribution in [1.29, 1.82) is 0 Å². The van der Waals surface area contributed by atoms with Gasteiger partial charge in [-0.3, -0.25) is 0 Å². The molecular weight excluding hydrogens is 136 g/mol. The molecule has 1 aliphatic heterocycles. The van der Waals surface area contributed by atoms with Crippen LogP contribution in [-0.2, 0) is 0 Å². The Labute approximate surface area is 69.5 Å². The fourth-order valence-corrected chi connectivity index (χ4v) is 1.42. The van der Waals surface area contributed by atoms with Crippen LogP contribution < -0.4 is 0 Å². The fourth-order valence-electron chi connectivity index (χ4n) is 1.42. The highest BCUT2D eigenvalue weighted by molar-refractivity contribution is 4.90. The van der Waals surface area contributed by atoms with Crippen molar-refractivity contribution in [1.82, 2.24) is 9.80 Å². The van der Waals surface area contributed by atoms with E-state index in [0.29, 0.717) is 6.04 Å². The van der Waals surface area contributed by atoms with E-state index in [1.165, 1.54) is 12.8 Å². The van der Waals surface area contributed by atoms with Gasteiger partial charge in [0.25, 0.3) is 0 Å². The second-order valence-electron chi connectivity index (χ2n) is 3.35. The van der Waals surface area contributed by atoms with Gasteiger partial charge in [-0.1, -0.05) is 13.3 Å². The first-order valence-electron chi connectivity index (χ1n) is 4.38. The lowest BCUT2D eigenvalue weighted by atomic mass is 10.2. The Kier molecular flexibility index (Phi) is 2.80. The predicted molar refractivity (Wildman–Crippen MR) is 48.0 cm³/mol. The maximum absolute atomic E-state index is 2.38. The molecule has 11 heavy (non-hydrogen) atoms. The van der Waals surface area contributed by atoms with Crippen molar-refractivity contribution >= 4 is 0 Å². The minimum Gasteiger partial charge on any atom is -0.362 e. The molecular formula is C9H18N2. The van der Waals surface area contributed by atoms with Gasteiger partial charge in [-0.05, 0) is 13.3 Å². The van der Waals surface area contributed by atoms with Crippen molar-refractivity contribution < 1.29 is 0 Å². The van der Waals surface area contributed by atoms with Gasteiger partial charge >= 0.3 is 0 Å². The van der Waals surface area contributed by atoms with Gasteiger partial charge in [0.1, 0.15) is 0 Å². The monoisotopic (exact) mass is 154 g/mol. The first-order valence-corrected chi connectivity index (χ1v) is 4.38. The second-order valence-corrected chi connectivity index (χ2v) is 3.35. The molecule has 1 aliphatic rings. The number of hydrogen-bond donors (Lipinski definition) is 0. The molecule has 0 aromatic rings. The van der Waals surface area contributed by atoms with Gasteiger partial charge < -0.3 is 9.80 Å². The maximum Gasteiger partial charge on any atom is 0.0893 e. The molecule has 0 saturated carbocycles. The third-order valence-electron chi connectivity index (χ3n) is 2.17. The van der Waals surface area contributed by atoms with Crippen molar-refractivity contribution in [2.75, 3.05) is 13.7 Å². The van der Waals surface area contributed by atoms with Crippen LogP contribution in [0.15, 0.2) is 12.4 Å². The molecule has 1 heterocycles. The zero-order valence-corrected chi connectivity index (χ0v) is 7.75. The van der Waals surface area contributed by atoms with Crippen LogP contribution in [0.2, 0.25) is 0 Å². The van der Waals surface area contributed by atoms with Gasteiger partial charge in [0.15, 0.2) is 0 Å². The quantitative estimate of drug-likeness (QED) is 0.612. The lowest BCUT2D eigenvalue weighted by molar-refractivity contribution is 0.232.